The maximum absolute atomic E-state index is 13.9. The lowest BCUT2D eigenvalue weighted by Crippen LogP contribution is -2.38. The molecule has 1 heterocycles. The lowest BCUT2D eigenvalue weighted by molar-refractivity contribution is -0.116. The largest absolute Gasteiger partial charge is 0.337 e. The van der Waals surface area contributed by atoms with Gasteiger partial charge < -0.3 is 15.5 Å². The molecule has 2 aromatic carbocycles. The zero-order chi connectivity index (χ0) is 22.2. The van der Waals surface area contributed by atoms with Gasteiger partial charge in [0.05, 0.1) is 5.69 Å². The van der Waals surface area contributed by atoms with Gasteiger partial charge in [0.2, 0.25) is 5.91 Å². The van der Waals surface area contributed by atoms with Crippen LogP contribution < -0.4 is 10.6 Å². The smallest absolute Gasteiger partial charge is 0.317 e. The summed E-state index contributed by atoms with van der Waals surface area (Å²) >= 11 is 1.33. The van der Waals surface area contributed by atoms with Crippen LogP contribution in [-0.2, 0) is 17.8 Å². The van der Waals surface area contributed by atoms with E-state index in [-0.39, 0.29) is 30.7 Å². The fraction of sp³-hybridized carbons (Fsp3) is 0.261. The number of aryl methyl sites for hydroxylation is 1. The van der Waals surface area contributed by atoms with E-state index in [4.69, 9.17) is 0 Å². The Hall–Kier alpha value is -3.26. The van der Waals surface area contributed by atoms with Crippen LogP contribution in [0, 0.1) is 12.7 Å². The summed E-state index contributed by atoms with van der Waals surface area (Å²) in [4.78, 5) is 31.2. The van der Waals surface area contributed by atoms with Crippen molar-refractivity contribution in [3.63, 3.8) is 0 Å². The van der Waals surface area contributed by atoms with Gasteiger partial charge in [0.25, 0.3) is 0 Å². The standard InChI is InChI=1S/C23H25FN4O2S/c1-16-20(14-18-10-6-7-11-19(18)24)31-22(26-16)27-21(29)12-13-25-23(30)28(2)15-17-8-4-3-5-9-17/h3-11H,12-15H2,1-2H3,(H,25,30)(H,26,27,29). The Morgan fingerprint density at radius 1 is 1.10 bits per heavy atom. The Kier molecular flexibility index (Phi) is 7.72. The molecule has 162 valence electrons. The average molecular weight is 441 g/mol. The summed E-state index contributed by atoms with van der Waals surface area (Å²) in [5.74, 6) is -0.494. The van der Waals surface area contributed by atoms with Crippen LogP contribution in [-0.4, -0.2) is 35.4 Å². The molecule has 0 radical (unpaired) electrons. The highest BCUT2D eigenvalue weighted by Crippen LogP contribution is 2.26. The van der Waals surface area contributed by atoms with Crippen molar-refractivity contribution in [2.24, 2.45) is 0 Å². The molecule has 0 aliphatic heterocycles. The third kappa shape index (κ3) is 6.62. The third-order valence-corrected chi connectivity index (χ3v) is 5.76. The minimum Gasteiger partial charge on any atom is -0.337 e. The Morgan fingerprint density at radius 3 is 2.55 bits per heavy atom. The number of urea groups is 1. The van der Waals surface area contributed by atoms with Crippen LogP contribution >= 0.6 is 11.3 Å². The second kappa shape index (κ2) is 10.7. The van der Waals surface area contributed by atoms with Crippen LogP contribution in [0.3, 0.4) is 0 Å². The van der Waals surface area contributed by atoms with Crippen molar-refractivity contribution >= 4 is 28.4 Å². The second-order valence-electron chi connectivity index (χ2n) is 7.17. The van der Waals surface area contributed by atoms with Crippen molar-refractivity contribution in [2.45, 2.75) is 26.3 Å². The number of benzene rings is 2. The van der Waals surface area contributed by atoms with Crippen molar-refractivity contribution in [3.05, 3.63) is 82.1 Å². The first-order chi connectivity index (χ1) is 14.9. The van der Waals surface area contributed by atoms with Crippen LogP contribution in [0.15, 0.2) is 54.6 Å². The summed E-state index contributed by atoms with van der Waals surface area (Å²) < 4.78 is 13.9. The van der Waals surface area contributed by atoms with Gasteiger partial charge in [-0.05, 0) is 24.1 Å². The van der Waals surface area contributed by atoms with Gasteiger partial charge in [0.15, 0.2) is 5.13 Å². The normalized spacial score (nSPS) is 10.5. The van der Waals surface area contributed by atoms with Crippen LogP contribution in [0.5, 0.6) is 0 Å². The quantitative estimate of drug-likeness (QED) is 0.547. The van der Waals surface area contributed by atoms with Crippen LogP contribution in [0.25, 0.3) is 0 Å². The van der Waals surface area contributed by atoms with Crippen molar-refractivity contribution < 1.29 is 14.0 Å². The van der Waals surface area contributed by atoms with Crippen molar-refractivity contribution in [1.29, 1.82) is 0 Å². The van der Waals surface area contributed by atoms with Gasteiger partial charge in [-0.15, -0.1) is 11.3 Å². The molecule has 6 nitrogen and oxygen atoms in total. The number of carbonyl (C=O) groups excluding carboxylic acids is 2. The summed E-state index contributed by atoms with van der Waals surface area (Å²) in [6, 6.07) is 16.1. The predicted molar refractivity (Wildman–Crippen MR) is 121 cm³/mol. The van der Waals surface area contributed by atoms with E-state index in [0.29, 0.717) is 23.7 Å². The lowest BCUT2D eigenvalue weighted by Gasteiger charge is -2.17. The van der Waals surface area contributed by atoms with Crippen LogP contribution in [0.2, 0.25) is 0 Å². The summed E-state index contributed by atoms with van der Waals surface area (Å²) in [6.07, 6.45) is 0.558. The topological polar surface area (TPSA) is 74.3 Å². The first-order valence-electron chi connectivity index (χ1n) is 9.95. The van der Waals surface area contributed by atoms with Crippen LogP contribution in [0.4, 0.5) is 14.3 Å². The van der Waals surface area contributed by atoms with E-state index in [0.717, 1.165) is 16.1 Å². The molecular weight excluding hydrogens is 415 g/mol. The van der Waals surface area contributed by atoms with Gasteiger partial charge in [-0.2, -0.15) is 0 Å². The molecule has 2 N–H and O–H groups in total. The molecule has 0 fully saturated rings. The van der Waals surface area contributed by atoms with Gasteiger partial charge in [-0.25, -0.2) is 14.2 Å². The fourth-order valence-corrected chi connectivity index (χ4v) is 3.99. The molecule has 8 heteroatoms. The molecule has 0 saturated heterocycles. The molecule has 1 aromatic heterocycles. The number of nitrogens with one attached hydrogen (secondary N) is 2. The number of nitrogens with zero attached hydrogens (tertiary/aromatic N) is 2. The molecule has 0 saturated carbocycles. The van der Waals surface area contributed by atoms with E-state index in [1.165, 1.54) is 17.4 Å². The average Bonchev–Trinajstić information content (AvgIpc) is 3.08. The highest BCUT2D eigenvalue weighted by atomic mass is 32.1. The third-order valence-electron chi connectivity index (χ3n) is 4.69. The van der Waals surface area contributed by atoms with Crippen molar-refractivity contribution in [3.8, 4) is 0 Å². The first-order valence-corrected chi connectivity index (χ1v) is 10.8. The lowest BCUT2D eigenvalue weighted by atomic mass is 10.1. The van der Waals surface area contributed by atoms with E-state index in [1.807, 2.05) is 37.3 Å². The molecule has 3 aromatic rings. The zero-order valence-corrected chi connectivity index (χ0v) is 18.3. The number of hydrogen-bond acceptors (Lipinski definition) is 4. The Bertz CT molecular complexity index is 1040. The summed E-state index contributed by atoms with van der Waals surface area (Å²) in [5, 5.41) is 5.97. The number of hydrogen-bond donors (Lipinski definition) is 2. The molecule has 0 unspecified atom stereocenters. The number of anilines is 1. The van der Waals surface area contributed by atoms with E-state index < -0.39 is 0 Å². The number of halogens is 1. The zero-order valence-electron chi connectivity index (χ0n) is 17.5. The van der Waals surface area contributed by atoms with Crippen molar-refractivity contribution in [2.75, 3.05) is 18.9 Å². The second-order valence-corrected chi connectivity index (χ2v) is 8.25. The highest BCUT2D eigenvalue weighted by Gasteiger charge is 2.14. The van der Waals surface area contributed by atoms with Gasteiger partial charge in [-0.1, -0.05) is 48.5 Å². The minimum absolute atomic E-state index is 0.131. The fourth-order valence-electron chi connectivity index (χ4n) is 2.99. The molecule has 0 aliphatic carbocycles. The Balaban J connectivity index is 1.44. The maximum Gasteiger partial charge on any atom is 0.317 e. The SMILES string of the molecule is Cc1nc(NC(=O)CCNC(=O)N(C)Cc2ccccc2)sc1Cc1ccccc1F. The van der Waals surface area contributed by atoms with E-state index in [1.54, 1.807) is 30.1 Å². The number of rotatable bonds is 8. The van der Waals surface area contributed by atoms with E-state index >= 15 is 0 Å². The Morgan fingerprint density at radius 2 is 1.81 bits per heavy atom. The number of carbonyl (C=O) groups is 2. The van der Waals surface area contributed by atoms with Gasteiger partial charge in [0.1, 0.15) is 5.82 Å². The molecule has 0 bridgehead atoms. The van der Waals surface area contributed by atoms with Gasteiger partial charge in [-0.3, -0.25) is 4.79 Å². The molecule has 0 aliphatic rings. The number of thiazole rings is 1. The summed E-state index contributed by atoms with van der Waals surface area (Å²) in [7, 11) is 1.71. The van der Waals surface area contributed by atoms with E-state index in [2.05, 4.69) is 15.6 Å². The van der Waals surface area contributed by atoms with Crippen LogP contribution in [0.1, 0.15) is 28.1 Å². The summed E-state index contributed by atoms with van der Waals surface area (Å²) in [6.45, 7) is 2.55. The molecule has 3 rings (SSSR count). The maximum atomic E-state index is 13.9. The number of aromatic nitrogens is 1. The molecule has 0 spiro atoms. The first kappa shape index (κ1) is 22.4. The monoisotopic (exact) mass is 440 g/mol. The number of amides is 3. The van der Waals surface area contributed by atoms with Gasteiger partial charge in [0, 0.05) is 37.9 Å². The summed E-state index contributed by atoms with van der Waals surface area (Å²) in [5.41, 5.74) is 2.39. The molecule has 3 amide bonds. The molecule has 0 atom stereocenters. The predicted octanol–water partition coefficient (Wildman–Crippen LogP) is 4.35. The highest BCUT2D eigenvalue weighted by molar-refractivity contribution is 7.15. The van der Waals surface area contributed by atoms with E-state index in [9.17, 15) is 14.0 Å². The molecule has 31 heavy (non-hydrogen) atoms. The molecular formula is C23H25FN4O2S. The Labute approximate surface area is 185 Å². The van der Waals surface area contributed by atoms with Crippen molar-refractivity contribution in [1.82, 2.24) is 15.2 Å². The van der Waals surface area contributed by atoms with Gasteiger partial charge >= 0.3 is 6.03 Å². The minimum atomic E-state index is -0.256.